The molecule has 7 heavy (non-hydrogen) atoms. The van der Waals surface area contributed by atoms with Crippen molar-refractivity contribution in [2.45, 2.75) is 6.92 Å². The Hall–Kier alpha value is 0.430. The van der Waals surface area contributed by atoms with Crippen LogP contribution in [0.15, 0.2) is 0 Å². The van der Waals surface area contributed by atoms with Crippen molar-refractivity contribution in [3.05, 3.63) is 0 Å². The molecule has 1 rings (SSSR count). The van der Waals surface area contributed by atoms with Crippen LogP contribution < -0.4 is 0 Å². The van der Waals surface area contributed by atoms with Crippen LogP contribution in [0.4, 0.5) is 0 Å². The zero-order chi connectivity index (χ0) is 5.49. The first kappa shape index (κ1) is 5.56. The summed E-state index contributed by atoms with van der Waals surface area (Å²) in [6.45, 7) is 7.32. The molecule has 0 spiro atoms. The molecule has 0 unspecified atom stereocenters. The van der Waals surface area contributed by atoms with E-state index in [-0.39, 0.29) is 0 Å². The van der Waals surface area contributed by atoms with Gasteiger partial charge in [-0.3, -0.25) is 0 Å². The van der Waals surface area contributed by atoms with Gasteiger partial charge in [-0.1, -0.05) is 0 Å². The Morgan fingerprint density at radius 2 is 1.71 bits per heavy atom. The number of rotatable bonds is 0. The van der Waals surface area contributed by atoms with Crippen LogP contribution in [-0.2, 0) is 0 Å². The topological polar surface area (TPSA) is 0 Å². The van der Waals surface area contributed by atoms with Gasteiger partial charge in [0.1, 0.15) is 0 Å². The van der Waals surface area contributed by atoms with Crippen LogP contribution >= 0.6 is 7.26 Å². The van der Waals surface area contributed by atoms with E-state index in [9.17, 15) is 0 Å². The van der Waals surface area contributed by atoms with E-state index in [1.807, 2.05) is 0 Å². The molecule has 0 nitrogen and oxygen atoms in total. The third-order valence-corrected chi connectivity index (χ3v) is 5.41. The molecule has 1 fully saturated rings. The van der Waals surface area contributed by atoms with Gasteiger partial charge in [-0.25, -0.2) is 0 Å². The van der Waals surface area contributed by atoms with Gasteiger partial charge < -0.3 is 0 Å². The molecule has 0 atom stereocenters. The zero-order valence-corrected chi connectivity index (χ0v) is 6.49. The van der Waals surface area contributed by atoms with Gasteiger partial charge in [-0.2, -0.15) is 0 Å². The van der Waals surface area contributed by atoms with Gasteiger partial charge in [0.05, 0.1) is 0 Å². The Balaban J connectivity index is 2.29. The van der Waals surface area contributed by atoms with E-state index in [2.05, 4.69) is 20.3 Å². The Morgan fingerprint density at radius 3 is 1.71 bits per heavy atom. The van der Waals surface area contributed by atoms with Crippen LogP contribution in [0.2, 0.25) is 0 Å². The van der Waals surface area contributed by atoms with Gasteiger partial charge in [-0.15, -0.1) is 0 Å². The van der Waals surface area contributed by atoms with Crippen molar-refractivity contribution in [1.82, 2.24) is 0 Å². The molecule has 1 heterocycles. The molecule has 1 saturated heterocycles. The first-order valence-electron chi connectivity index (χ1n) is 3.10. The molecule has 0 aliphatic carbocycles. The molecule has 0 aromatic rings. The molecule has 44 valence electrons. The van der Waals surface area contributed by atoms with Crippen LogP contribution in [0.25, 0.3) is 0 Å². The fraction of sp³-hybridized carbons (Fsp3) is 1.00. The van der Waals surface area contributed by atoms with Crippen LogP contribution in [0, 0.1) is 5.92 Å². The van der Waals surface area contributed by atoms with Crippen LogP contribution in [-0.4, -0.2) is 25.7 Å². The molecular formula is C6H15P. The Kier molecular flexibility index (Phi) is 1.15. The molecule has 0 N–H and O–H groups in total. The van der Waals surface area contributed by atoms with Gasteiger partial charge >= 0.3 is 45.8 Å². The van der Waals surface area contributed by atoms with Gasteiger partial charge in [-0.05, 0) is 0 Å². The predicted molar refractivity (Wildman–Crippen MR) is 39.1 cm³/mol. The minimum absolute atomic E-state index is 0.514. The van der Waals surface area contributed by atoms with Gasteiger partial charge in [0.15, 0.2) is 0 Å². The second-order valence-corrected chi connectivity index (χ2v) is 8.82. The molecule has 0 amide bonds. The summed E-state index contributed by atoms with van der Waals surface area (Å²) < 4.78 is 0. The van der Waals surface area contributed by atoms with Crippen molar-refractivity contribution in [1.29, 1.82) is 0 Å². The molecule has 1 heteroatoms. The van der Waals surface area contributed by atoms with E-state index >= 15 is 0 Å². The number of hydrogen-bond acceptors (Lipinski definition) is 0. The average molecular weight is 118 g/mol. The SMILES string of the molecule is CC1C[PH](C)(C)C1. The first-order valence-corrected chi connectivity index (χ1v) is 6.52. The van der Waals surface area contributed by atoms with Crippen LogP contribution in [0.3, 0.4) is 0 Å². The van der Waals surface area contributed by atoms with Crippen LogP contribution in [0.5, 0.6) is 0 Å². The second kappa shape index (κ2) is 1.45. The molecule has 1 aliphatic rings. The molecule has 0 saturated carbocycles. The molecule has 0 aromatic heterocycles. The van der Waals surface area contributed by atoms with E-state index in [4.69, 9.17) is 0 Å². The normalized spacial score (nSPS) is 41.9. The standard InChI is InChI=1S/C6H15P/c1-6-4-7(2,3)5-6/h6-7H,4-5H2,1-3H3. The number of hydrogen-bond donors (Lipinski definition) is 0. The van der Waals surface area contributed by atoms with E-state index in [0.29, 0.717) is 0 Å². The maximum absolute atomic E-state index is 2.48. The molecule has 0 radical (unpaired) electrons. The van der Waals surface area contributed by atoms with Gasteiger partial charge in [0.2, 0.25) is 0 Å². The zero-order valence-electron chi connectivity index (χ0n) is 5.49. The summed E-state index contributed by atoms with van der Waals surface area (Å²) >= 11 is 0. The third-order valence-electron chi connectivity index (χ3n) is 1.80. The average Bonchev–Trinajstić information content (AvgIpc) is 1.27. The van der Waals surface area contributed by atoms with Crippen LogP contribution in [0.1, 0.15) is 6.92 Å². The van der Waals surface area contributed by atoms with Crippen molar-refractivity contribution >= 4 is 7.26 Å². The summed E-state index contributed by atoms with van der Waals surface area (Å²) in [6, 6.07) is 0. The minimum atomic E-state index is -0.514. The molecular weight excluding hydrogens is 103 g/mol. The fourth-order valence-electron chi connectivity index (χ4n) is 1.83. The first-order chi connectivity index (χ1) is 3.10. The Bertz CT molecular complexity index is 68.2. The van der Waals surface area contributed by atoms with Crippen molar-refractivity contribution in [3.63, 3.8) is 0 Å². The van der Waals surface area contributed by atoms with Crippen molar-refractivity contribution in [2.24, 2.45) is 5.92 Å². The summed E-state index contributed by atoms with van der Waals surface area (Å²) in [4.78, 5) is 0. The van der Waals surface area contributed by atoms with Crippen molar-refractivity contribution in [3.8, 4) is 0 Å². The second-order valence-electron chi connectivity index (χ2n) is 3.68. The quantitative estimate of drug-likeness (QED) is 0.424. The van der Waals surface area contributed by atoms with Crippen molar-refractivity contribution < 1.29 is 0 Å². The van der Waals surface area contributed by atoms with Crippen molar-refractivity contribution in [2.75, 3.05) is 25.7 Å². The monoisotopic (exact) mass is 118 g/mol. The van der Waals surface area contributed by atoms with Gasteiger partial charge in [0, 0.05) is 0 Å². The summed E-state index contributed by atoms with van der Waals surface area (Å²) in [5.74, 6) is 1.07. The fourth-order valence-corrected chi connectivity index (χ4v) is 5.48. The Labute approximate surface area is 46.6 Å². The van der Waals surface area contributed by atoms with E-state index in [0.717, 1.165) is 5.92 Å². The summed E-state index contributed by atoms with van der Waals surface area (Å²) in [6.07, 6.45) is 3.15. The summed E-state index contributed by atoms with van der Waals surface area (Å²) in [7, 11) is -0.514. The summed E-state index contributed by atoms with van der Waals surface area (Å²) in [5, 5.41) is 0. The summed E-state index contributed by atoms with van der Waals surface area (Å²) in [5.41, 5.74) is 0. The molecule has 1 aliphatic heterocycles. The van der Waals surface area contributed by atoms with Gasteiger partial charge in [0.25, 0.3) is 0 Å². The molecule has 0 bridgehead atoms. The third kappa shape index (κ3) is 1.16. The predicted octanol–water partition coefficient (Wildman–Crippen LogP) is 1.65. The van der Waals surface area contributed by atoms with E-state index in [1.165, 1.54) is 0 Å². The molecule has 0 aromatic carbocycles. The van der Waals surface area contributed by atoms with E-state index < -0.39 is 7.26 Å². The Morgan fingerprint density at radius 1 is 1.29 bits per heavy atom. The maximum atomic E-state index is 2.48. The van der Waals surface area contributed by atoms with E-state index in [1.54, 1.807) is 12.3 Å².